The van der Waals surface area contributed by atoms with Gasteiger partial charge in [-0.3, -0.25) is 14.7 Å². The SMILES string of the molecule is CCCc1nc(C(=O)N[C@H](CCCC(=O)O)C(=O)O)n[nH]1. The highest BCUT2D eigenvalue weighted by Crippen LogP contribution is 2.03. The van der Waals surface area contributed by atoms with Crippen molar-refractivity contribution in [2.24, 2.45) is 0 Å². The van der Waals surface area contributed by atoms with Crippen LogP contribution in [0.15, 0.2) is 0 Å². The van der Waals surface area contributed by atoms with Crippen LogP contribution in [-0.4, -0.2) is 49.3 Å². The van der Waals surface area contributed by atoms with Crippen LogP contribution in [0.4, 0.5) is 0 Å². The molecule has 0 radical (unpaired) electrons. The van der Waals surface area contributed by atoms with Crippen molar-refractivity contribution in [2.75, 3.05) is 0 Å². The van der Waals surface area contributed by atoms with Crippen LogP contribution in [0.5, 0.6) is 0 Å². The molecule has 9 nitrogen and oxygen atoms in total. The minimum Gasteiger partial charge on any atom is -0.481 e. The second-order valence-electron chi connectivity index (χ2n) is 4.51. The highest BCUT2D eigenvalue weighted by Gasteiger charge is 2.22. The van der Waals surface area contributed by atoms with Crippen LogP contribution in [0.3, 0.4) is 0 Å². The van der Waals surface area contributed by atoms with Crippen LogP contribution in [-0.2, 0) is 16.0 Å². The van der Waals surface area contributed by atoms with Crippen LogP contribution >= 0.6 is 0 Å². The molecule has 0 aromatic carbocycles. The lowest BCUT2D eigenvalue weighted by Gasteiger charge is -2.12. The zero-order valence-corrected chi connectivity index (χ0v) is 11.6. The Morgan fingerprint density at radius 3 is 2.62 bits per heavy atom. The van der Waals surface area contributed by atoms with Gasteiger partial charge in [-0.25, -0.2) is 9.78 Å². The van der Waals surface area contributed by atoms with Crippen LogP contribution < -0.4 is 5.32 Å². The van der Waals surface area contributed by atoms with Crippen molar-refractivity contribution in [3.63, 3.8) is 0 Å². The van der Waals surface area contributed by atoms with E-state index in [9.17, 15) is 14.4 Å². The molecule has 1 amide bonds. The molecule has 1 aromatic rings. The molecule has 0 aliphatic rings. The largest absolute Gasteiger partial charge is 0.481 e. The Hall–Kier alpha value is -2.45. The average molecular weight is 298 g/mol. The molecule has 0 saturated heterocycles. The Kier molecular flexibility index (Phi) is 6.31. The number of carboxylic acids is 2. The van der Waals surface area contributed by atoms with E-state index in [0.29, 0.717) is 12.2 Å². The van der Waals surface area contributed by atoms with Gasteiger partial charge in [-0.05, 0) is 19.3 Å². The third kappa shape index (κ3) is 5.59. The van der Waals surface area contributed by atoms with Crippen LogP contribution in [0, 0.1) is 0 Å². The number of aliphatic carboxylic acids is 2. The van der Waals surface area contributed by atoms with Gasteiger partial charge in [0.1, 0.15) is 11.9 Å². The first-order valence-corrected chi connectivity index (χ1v) is 6.60. The lowest BCUT2D eigenvalue weighted by atomic mass is 10.1. The fourth-order valence-electron chi connectivity index (χ4n) is 1.68. The Labute approximate surface area is 120 Å². The van der Waals surface area contributed by atoms with Gasteiger partial charge in [0.25, 0.3) is 5.91 Å². The van der Waals surface area contributed by atoms with Gasteiger partial charge in [0.15, 0.2) is 0 Å². The number of aryl methyl sites for hydroxylation is 1. The molecule has 1 heterocycles. The first-order valence-electron chi connectivity index (χ1n) is 6.60. The second-order valence-corrected chi connectivity index (χ2v) is 4.51. The smallest absolute Gasteiger partial charge is 0.326 e. The van der Waals surface area contributed by atoms with Crippen molar-refractivity contribution >= 4 is 17.8 Å². The molecule has 0 aliphatic heterocycles. The Morgan fingerprint density at radius 2 is 2.05 bits per heavy atom. The minimum atomic E-state index is -1.22. The third-order valence-electron chi connectivity index (χ3n) is 2.71. The lowest BCUT2D eigenvalue weighted by Crippen LogP contribution is -2.41. The fraction of sp³-hybridized carbons (Fsp3) is 0.583. The van der Waals surface area contributed by atoms with Gasteiger partial charge in [0, 0.05) is 12.8 Å². The molecule has 21 heavy (non-hydrogen) atoms. The van der Waals surface area contributed by atoms with E-state index in [4.69, 9.17) is 10.2 Å². The molecule has 4 N–H and O–H groups in total. The minimum absolute atomic E-state index is 0.0274. The van der Waals surface area contributed by atoms with Crippen LogP contribution in [0.25, 0.3) is 0 Å². The molecule has 0 bridgehead atoms. The van der Waals surface area contributed by atoms with Crippen molar-refractivity contribution in [1.29, 1.82) is 0 Å². The number of hydrogen-bond acceptors (Lipinski definition) is 5. The fourth-order valence-corrected chi connectivity index (χ4v) is 1.68. The summed E-state index contributed by atoms with van der Waals surface area (Å²) >= 11 is 0. The molecule has 0 spiro atoms. The highest BCUT2D eigenvalue weighted by molar-refractivity contribution is 5.93. The quantitative estimate of drug-likeness (QED) is 0.509. The molecule has 0 saturated carbocycles. The monoisotopic (exact) mass is 298 g/mol. The van der Waals surface area contributed by atoms with Gasteiger partial charge in [-0.2, -0.15) is 0 Å². The summed E-state index contributed by atoms with van der Waals surface area (Å²) < 4.78 is 0. The molecule has 116 valence electrons. The van der Waals surface area contributed by atoms with E-state index in [-0.39, 0.29) is 25.1 Å². The van der Waals surface area contributed by atoms with E-state index in [1.165, 1.54) is 0 Å². The summed E-state index contributed by atoms with van der Waals surface area (Å²) in [5.41, 5.74) is 0. The van der Waals surface area contributed by atoms with Crippen molar-refractivity contribution in [3.05, 3.63) is 11.6 Å². The molecule has 9 heteroatoms. The van der Waals surface area contributed by atoms with Gasteiger partial charge in [-0.15, -0.1) is 5.10 Å². The van der Waals surface area contributed by atoms with E-state index in [0.717, 1.165) is 6.42 Å². The summed E-state index contributed by atoms with van der Waals surface area (Å²) in [4.78, 5) is 37.2. The molecular formula is C12H18N4O5. The van der Waals surface area contributed by atoms with Crippen LogP contribution in [0.2, 0.25) is 0 Å². The average Bonchev–Trinajstić information content (AvgIpc) is 2.86. The summed E-state index contributed by atoms with van der Waals surface area (Å²) in [5, 5.41) is 26.1. The summed E-state index contributed by atoms with van der Waals surface area (Å²) in [6, 6.07) is -1.16. The number of H-pyrrole nitrogens is 1. The third-order valence-corrected chi connectivity index (χ3v) is 2.71. The number of rotatable bonds is 9. The summed E-state index contributed by atoms with van der Waals surface area (Å²) in [6.07, 6.45) is 1.51. The van der Waals surface area contributed by atoms with Crippen molar-refractivity contribution in [1.82, 2.24) is 20.5 Å². The maximum Gasteiger partial charge on any atom is 0.326 e. The molecular weight excluding hydrogens is 280 g/mol. The van der Waals surface area contributed by atoms with Crippen molar-refractivity contribution < 1.29 is 24.6 Å². The van der Waals surface area contributed by atoms with Gasteiger partial charge in [0.05, 0.1) is 0 Å². The standard InChI is InChI=1S/C12H18N4O5/c1-2-4-8-14-10(16-15-8)11(19)13-7(12(20)21)5-3-6-9(17)18/h7H,2-6H2,1H3,(H,13,19)(H,17,18)(H,20,21)(H,14,15,16)/t7-/m1/s1. The predicted octanol–water partition coefficient (Wildman–Crippen LogP) is 0.195. The van der Waals surface area contributed by atoms with E-state index >= 15 is 0 Å². The molecule has 1 atom stereocenters. The van der Waals surface area contributed by atoms with E-state index in [1.807, 2.05) is 6.92 Å². The van der Waals surface area contributed by atoms with E-state index in [2.05, 4.69) is 20.5 Å². The number of hydrogen-bond donors (Lipinski definition) is 4. The predicted molar refractivity (Wildman–Crippen MR) is 70.8 cm³/mol. The normalized spacial score (nSPS) is 11.9. The van der Waals surface area contributed by atoms with Crippen molar-refractivity contribution in [3.8, 4) is 0 Å². The Bertz CT molecular complexity index is 514. The lowest BCUT2D eigenvalue weighted by molar-refractivity contribution is -0.140. The zero-order chi connectivity index (χ0) is 15.8. The van der Waals surface area contributed by atoms with E-state index < -0.39 is 23.9 Å². The van der Waals surface area contributed by atoms with Gasteiger partial charge < -0.3 is 15.5 Å². The van der Waals surface area contributed by atoms with Crippen molar-refractivity contribution in [2.45, 2.75) is 45.1 Å². The summed E-state index contributed by atoms with van der Waals surface area (Å²) in [5.74, 6) is -2.50. The topological polar surface area (TPSA) is 145 Å². The Balaban J connectivity index is 2.58. The summed E-state index contributed by atoms with van der Waals surface area (Å²) in [6.45, 7) is 1.95. The number of aromatic amines is 1. The highest BCUT2D eigenvalue weighted by atomic mass is 16.4. The molecule has 0 aliphatic carbocycles. The number of nitrogens with one attached hydrogen (secondary N) is 2. The van der Waals surface area contributed by atoms with E-state index in [1.54, 1.807) is 0 Å². The maximum atomic E-state index is 11.8. The number of nitrogens with zero attached hydrogens (tertiary/aromatic N) is 2. The Morgan fingerprint density at radius 1 is 1.33 bits per heavy atom. The first-order chi connectivity index (χ1) is 9.93. The first kappa shape index (κ1) is 16.6. The van der Waals surface area contributed by atoms with Gasteiger partial charge in [0.2, 0.25) is 5.82 Å². The zero-order valence-electron chi connectivity index (χ0n) is 11.6. The van der Waals surface area contributed by atoms with Gasteiger partial charge >= 0.3 is 11.9 Å². The molecule has 1 aromatic heterocycles. The van der Waals surface area contributed by atoms with Crippen LogP contribution in [0.1, 0.15) is 49.1 Å². The van der Waals surface area contributed by atoms with Gasteiger partial charge in [-0.1, -0.05) is 6.92 Å². The summed E-state index contributed by atoms with van der Waals surface area (Å²) in [7, 11) is 0. The molecule has 1 rings (SSSR count). The molecule has 0 fully saturated rings. The number of amides is 1. The second kappa shape index (κ2) is 7.98. The maximum absolute atomic E-state index is 11.8. The number of carbonyl (C=O) groups excluding carboxylic acids is 1. The number of carbonyl (C=O) groups is 3. The number of carboxylic acid groups (broad SMARTS) is 2. The number of aromatic nitrogens is 3. The molecule has 0 unspecified atom stereocenters.